The second-order valence-electron chi connectivity index (χ2n) is 7.25. The maximum absolute atomic E-state index is 13.5. The lowest BCUT2D eigenvalue weighted by molar-refractivity contribution is 0.627. The van der Waals surface area contributed by atoms with Crippen molar-refractivity contribution in [2.75, 3.05) is 12.0 Å². The molecule has 0 aromatic heterocycles. The number of hydrogen-bond donors (Lipinski definition) is 0. The van der Waals surface area contributed by atoms with Crippen molar-refractivity contribution in [3.05, 3.63) is 96.3 Å². The van der Waals surface area contributed by atoms with Gasteiger partial charge >= 0.3 is 0 Å². The summed E-state index contributed by atoms with van der Waals surface area (Å²) in [7, 11) is -1.64. The molecule has 0 saturated carbocycles. The van der Waals surface area contributed by atoms with Crippen molar-refractivity contribution < 1.29 is 4.39 Å². The SMILES string of the molecule is [18F]c1ccc(C[P+](CCCCCCCl)(c2ccccc2)c2ccccc2)cc1. The Morgan fingerprint density at radius 2 is 1.18 bits per heavy atom. The number of unbranched alkanes of at least 4 members (excludes halogenated alkanes) is 3. The van der Waals surface area contributed by atoms with E-state index in [9.17, 15) is 4.39 Å². The summed E-state index contributed by atoms with van der Waals surface area (Å²) >= 11 is 5.86. The van der Waals surface area contributed by atoms with Gasteiger partial charge in [-0.05, 0) is 61.2 Å². The number of benzene rings is 3. The van der Waals surface area contributed by atoms with Crippen LogP contribution in [0.15, 0.2) is 84.9 Å². The normalized spacial score (nSPS) is 11.5. The molecule has 0 amide bonds. The van der Waals surface area contributed by atoms with E-state index in [2.05, 4.69) is 60.7 Å². The Hall–Kier alpha value is -1.69. The van der Waals surface area contributed by atoms with Crippen LogP contribution in [0.25, 0.3) is 0 Å². The van der Waals surface area contributed by atoms with Gasteiger partial charge in [-0.25, -0.2) is 4.39 Å². The molecule has 146 valence electrons. The van der Waals surface area contributed by atoms with Gasteiger partial charge in [0.2, 0.25) is 0 Å². The van der Waals surface area contributed by atoms with E-state index in [1.165, 1.54) is 41.6 Å². The molecule has 0 heterocycles. The number of rotatable bonds is 10. The molecular formula is C25H28ClFP+. The third-order valence-electron chi connectivity index (χ3n) is 5.29. The summed E-state index contributed by atoms with van der Waals surface area (Å²) in [6.07, 6.45) is 6.80. The van der Waals surface area contributed by atoms with E-state index in [-0.39, 0.29) is 5.82 Å². The van der Waals surface area contributed by atoms with Crippen LogP contribution in [0.4, 0.5) is 4.39 Å². The highest BCUT2D eigenvalue weighted by Crippen LogP contribution is 2.59. The quantitative estimate of drug-likeness (QED) is 0.195. The first-order chi connectivity index (χ1) is 13.7. The van der Waals surface area contributed by atoms with Crippen LogP contribution in [0.2, 0.25) is 0 Å². The Morgan fingerprint density at radius 1 is 0.643 bits per heavy atom. The Balaban J connectivity index is 1.99. The molecule has 3 aromatic carbocycles. The predicted octanol–water partition coefficient (Wildman–Crippen LogP) is 6.79. The summed E-state index contributed by atoms with van der Waals surface area (Å²) in [4.78, 5) is 0. The Morgan fingerprint density at radius 3 is 1.71 bits per heavy atom. The molecule has 0 aliphatic carbocycles. The van der Waals surface area contributed by atoms with Crippen molar-refractivity contribution in [1.82, 2.24) is 0 Å². The van der Waals surface area contributed by atoms with Gasteiger partial charge in [0.25, 0.3) is 0 Å². The molecule has 0 fully saturated rings. The summed E-state index contributed by atoms with van der Waals surface area (Å²) < 4.78 is 13.5. The fraction of sp³-hybridized carbons (Fsp3) is 0.280. The standard InChI is InChI=1S/C25H28ClFP/c26-19-9-1-2-10-20-28(24-11-5-3-6-12-24,25-13-7-4-8-14-25)21-22-15-17-23(27)18-16-22/h3-8,11-18H,1-2,9-10,19-21H2/q+1/i27-1. The fourth-order valence-electron chi connectivity index (χ4n) is 3.83. The summed E-state index contributed by atoms with van der Waals surface area (Å²) in [6, 6.07) is 28.9. The molecular weight excluding hydrogens is 385 g/mol. The lowest BCUT2D eigenvalue weighted by Gasteiger charge is -2.28. The summed E-state index contributed by atoms with van der Waals surface area (Å²) in [5, 5.41) is 2.87. The highest BCUT2D eigenvalue weighted by atomic mass is 35.5. The molecule has 0 aliphatic rings. The van der Waals surface area contributed by atoms with Crippen molar-refractivity contribution in [2.24, 2.45) is 0 Å². The third-order valence-corrected chi connectivity index (χ3v) is 10.1. The Kier molecular flexibility index (Phi) is 8.07. The predicted molar refractivity (Wildman–Crippen MR) is 123 cm³/mol. The topological polar surface area (TPSA) is 0 Å². The molecule has 0 aliphatic heterocycles. The minimum Gasteiger partial charge on any atom is -0.207 e. The minimum atomic E-state index is -1.64. The maximum atomic E-state index is 13.5. The highest BCUT2D eigenvalue weighted by Gasteiger charge is 2.42. The molecule has 0 N–H and O–H groups in total. The van der Waals surface area contributed by atoms with Crippen molar-refractivity contribution in [3.8, 4) is 0 Å². The molecule has 3 heteroatoms. The van der Waals surface area contributed by atoms with Crippen LogP contribution in [-0.4, -0.2) is 12.0 Å². The van der Waals surface area contributed by atoms with Crippen LogP contribution in [0.5, 0.6) is 0 Å². The summed E-state index contributed by atoms with van der Waals surface area (Å²) in [5.74, 6) is 0.570. The first-order valence-corrected chi connectivity index (χ1v) is 12.7. The van der Waals surface area contributed by atoms with E-state index in [4.69, 9.17) is 11.6 Å². The van der Waals surface area contributed by atoms with Crippen LogP contribution in [0.1, 0.15) is 31.2 Å². The Labute approximate surface area is 174 Å². The summed E-state index contributed by atoms with van der Waals surface area (Å²) in [5.41, 5.74) is 1.21. The highest BCUT2D eigenvalue weighted by molar-refractivity contribution is 7.88. The maximum Gasteiger partial charge on any atom is 0.123 e. The second kappa shape index (κ2) is 10.7. The molecule has 0 bridgehead atoms. The molecule has 0 spiro atoms. The van der Waals surface area contributed by atoms with E-state index in [0.717, 1.165) is 18.5 Å². The lowest BCUT2D eigenvalue weighted by atomic mass is 10.2. The van der Waals surface area contributed by atoms with Crippen LogP contribution in [0.3, 0.4) is 0 Å². The monoisotopic (exact) mass is 412 g/mol. The van der Waals surface area contributed by atoms with Gasteiger partial charge in [0.1, 0.15) is 5.82 Å². The van der Waals surface area contributed by atoms with Crippen LogP contribution in [-0.2, 0) is 6.16 Å². The van der Waals surface area contributed by atoms with Crippen LogP contribution < -0.4 is 10.6 Å². The molecule has 0 atom stereocenters. The number of alkyl halides is 1. The zero-order valence-corrected chi connectivity index (χ0v) is 17.9. The first kappa shape index (κ1) is 21.0. The van der Waals surface area contributed by atoms with E-state index in [0.29, 0.717) is 0 Å². The van der Waals surface area contributed by atoms with Crippen molar-refractivity contribution in [2.45, 2.75) is 31.8 Å². The lowest BCUT2D eigenvalue weighted by Crippen LogP contribution is -2.26. The third kappa shape index (κ3) is 5.43. The van der Waals surface area contributed by atoms with Gasteiger partial charge in [0.05, 0.1) is 30.2 Å². The van der Waals surface area contributed by atoms with Gasteiger partial charge in [-0.2, -0.15) is 0 Å². The fourth-order valence-corrected chi connectivity index (χ4v) is 8.44. The van der Waals surface area contributed by atoms with E-state index >= 15 is 0 Å². The molecule has 3 rings (SSSR count). The Bertz CT molecular complexity index is 779. The molecule has 0 saturated heterocycles. The van der Waals surface area contributed by atoms with Gasteiger partial charge in [-0.3, -0.25) is 0 Å². The van der Waals surface area contributed by atoms with Gasteiger partial charge in [0.15, 0.2) is 0 Å². The molecule has 0 unspecified atom stereocenters. The van der Waals surface area contributed by atoms with E-state index in [1.54, 1.807) is 12.1 Å². The average molecular weight is 413 g/mol. The summed E-state index contributed by atoms with van der Waals surface area (Å²) in [6.45, 7) is 0. The average Bonchev–Trinajstić information content (AvgIpc) is 2.75. The smallest absolute Gasteiger partial charge is 0.123 e. The molecule has 3 aromatic rings. The second-order valence-corrected chi connectivity index (χ2v) is 11.4. The van der Waals surface area contributed by atoms with E-state index in [1.807, 2.05) is 12.1 Å². The van der Waals surface area contributed by atoms with Crippen molar-refractivity contribution in [3.63, 3.8) is 0 Å². The van der Waals surface area contributed by atoms with Crippen molar-refractivity contribution in [1.29, 1.82) is 0 Å². The largest absolute Gasteiger partial charge is 0.207 e. The van der Waals surface area contributed by atoms with Gasteiger partial charge in [-0.15, -0.1) is 11.6 Å². The molecule has 28 heavy (non-hydrogen) atoms. The van der Waals surface area contributed by atoms with Crippen LogP contribution in [0, 0.1) is 5.82 Å². The first-order valence-electron chi connectivity index (χ1n) is 10.0. The number of hydrogen-bond acceptors (Lipinski definition) is 0. The minimum absolute atomic E-state index is 0.173. The molecule has 0 radical (unpaired) electrons. The number of halogens is 2. The van der Waals surface area contributed by atoms with Gasteiger partial charge in [-0.1, -0.05) is 55.0 Å². The van der Waals surface area contributed by atoms with Gasteiger partial charge < -0.3 is 0 Å². The van der Waals surface area contributed by atoms with Gasteiger partial charge in [0, 0.05) is 5.88 Å². The zero-order valence-electron chi connectivity index (χ0n) is 16.2. The van der Waals surface area contributed by atoms with Crippen LogP contribution >= 0.6 is 18.9 Å². The molecule has 0 nitrogen and oxygen atoms in total. The zero-order chi connectivity index (χ0) is 19.7. The van der Waals surface area contributed by atoms with Crippen molar-refractivity contribution >= 4 is 29.5 Å². The van der Waals surface area contributed by atoms with E-state index < -0.39 is 7.26 Å².